The number of anilines is 2. The standard InChI is InChI=1S/C15H18F2N2O4/c1-8(20)18-11-5-12(10(17)4-9(11)16)19-13(21)6-15(2,3)7-14(22)23/h4-5H,6-7H2,1-3H3,(H,18,20)(H,19,21)(H,22,23). The van der Waals surface area contributed by atoms with Crippen LogP contribution in [0.25, 0.3) is 0 Å². The summed E-state index contributed by atoms with van der Waals surface area (Å²) in [5.41, 5.74) is -1.39. The van der Waals surface area contributed by atoms with E-state index in [9.17, 15) is 23.2 Å². The molecule has 0 aliphatic rings. The Balaban J connectivity index is 2.89. The Hall–Kier alpha value is -2.51. The van der Waals surface area contributed by atoms with Crippen LogP contribution >= 0.6 is 0 Å². The zero-order valence-electron chi connectivity index (χ0n) is 13.0. The average molecular weight is 328 g/mol. The quantitative estimate of drug-likeness (QED) is 0.748. The molecule has 1 aromatic rings. The first-order valence-electron chi connectivity index (χ1n) is 6.78. The summed E-state index contributed by atoms with van der Waals surface area (Å²) in [6.07, 6.45) is -0.394. The number of hydrogen-bond acceptors (Lipinski definition) is 3. The molecule has 0 radical (unpaired) electrons. The van der Waals surface area contributed by atoms with E-state index >= 15 is 0 Å². The van der Waals surface area contributed by atoms with Gasteiger partial charge in [-0.15, -0.1) is 0 Å². The van der Waals surface area contributed by atoms with Gasteiger partial charge in [-0.05, 0) is 11.5 Å². The molecule has 1 rings (SSSR count). The Labute approximate surface area is 131 Å². The predicted octanol–water partition coefficient (Wildman–Crippen LogP) is 2.75. The van der Waals surface area contributed by atoms with E-state index in [2.05, 4.69) is 10.6 Å². The molecule has 0 unspecified atom stereocenters. The fraction of sp³-hybridized carbons (Fsp3) is 0.400. The molecule has 0 aliphatic carbocycles. The van der Waals surface area contributed by atoms with E-state index in [1.54, 1.807) is 13.8 Å². The van der Waals surface area contributed by atoms with E-state index in [-0.39, 0.29) is 24.2 Å². The zero-order chi connectivity index (χ0) is 17.8. The Morgan fingerprint density at radius 2 is 1.57 bits per heavy atom. The summed E-state index contributed by atoms with van der Waals surface area (Å²) in [7, 11) is 0. The third-order valence-electron chi connectivity index (χ3n) is 2.91. The molecule has 126 valence electrons. The molecule has 0 fully saturated rings. The van der Waals surface area contributed by atoms with E-state index < -0.39 is 34.8 Å². The largest absolute Gasteiger partial charge is 0.481 e. The van der Waals surface area contributed by atoms with Crippen molar-refractivity contribution in [3.63, 3.8) is 0 Å². The van der Waals surface area contributed by atoms with Crippen LogP contribution in [0.2, 0.25) is 0 Å². The lowest BCUT2D eigenvalue weighted by Crippen LogP contribution is -2.25. The van der Waals surface area contributed by atoms with E-state index in [0.29, 0.717) is 6.07 Å². The van der Waals surface area contributed by atoms with Crippen LogP contribution in [0.3, 0.4) is 0 Å². The molecule has 0 saturated carbocycles. The van der Waals surface area contributed by atoms with Gasteiger partial charge >= 0.3 is 5.97 Å². The third-order valence-corrected chi connectivity index (χ3v) is 2.91. The van der Waals surface area contributed by atoms with Crippen molar-refractivity contribution in [1.29, 1.82) is 0 Å². The Morgan fingerprint density at radius 3 is 2.04 bits per heavy atom. The molecule has 0 aliphatic heterocycles. The average Bonchev–Trinajstić information content (AvgIpc) is 2.31. The first-order chi connectivity index (χ1) is 10.5. The number of halogens is 2. The Kier molecular flexibility index (Phi) is 5.78. The van der Waals surface area contributed by atoms with Crippen LogP contribution in [0.1, 0.15) is 33.6 Å². The fourth-order valence-corrected chi connectivity index (χ4v) is 2.03. The van der Waals surface area contributed by atoms with Crippen molar-refractivity contribution in [2.75, 3.05) is 10.6 Å². The van der Waals surface area contributed by atoms with Crippen molar-refractivity contribution in [2.45, 2.75) is 33.6 Å². The molecule has 0 aromatic heterocycles. The molecule has 3 N–H and O–H groups in total. The fourth-order valence-electron chi connectivity index (χ4n) is 2.03. The lowest BCUT2D eigenvalue weighted by molar-refractivity contribution is -0.139. The second-order valence-corrected chi connectivity index (χ2v) is 5.95. The molecule has 8 heteroatoms. The van der Waals surface area contributed by atoms with Gasteiger partial charge in [0.05, 0.1) is 17.8 Å². The number of amides is 2. The normalized spacial score (nSPS) is 11.0. The highest BCUT2D eigenvalue weighted by molar-refractivity contribution is 5.94. The number of carboxylic acid groups (broad SMARTS) is 1. The van der Waals surface area contributed by atoms with Crippen molar-refractivity contribution in [1.82, 2.24) is 0 Å². The smallest absolute Gasteiger partial charge is 0.303 e. The third kappa shape index (κ3) is 6.01. The van der Waals surface area contributed by atoms with Crippen LogP contribution in [0.15, 0.2) is 12.1 Å². The molecule has 1 aromatic carbocycles. The highest BCUT2D eigenvalue weighted by atomic mass is 19.1. The number of carbonyl (C=O) groups is 3. The van der Waals surface area contributed by atoms with Crippen molar-refractivity contribution >= 4 is 29.2 Å². The van der Waals surface area contributed by atoms with Gasteiger partial charge < -0.3 is 15.7 Å². The van der Waals surface area contributed by atoms with Gasteiger partial charge in [-0.2, -0.15) is 0 Å². The summed E-state index contributed by atoms with van der Waals surface area (Å²) in [6.45, 7) is 4.34. The molecule has 0 spiro atoms. The minimum absolute atomic E-state index is 0.161. The van der Waals surface area contributed by atoms with Crippen LogP contribution in [-0.2, 0) is 14.4 Å². The molecule has 0 saturated heterocycles. The minimum Gasteiger partial charge on any atom is -0.481 e. The monoisotopic (exact) mass is 328 g/mol. The maximum Gasteiger partial charge on any atom is 0.303 e. The van der Waals surface area contributed by atoms with Gasteiger partial charge in [0.25, 0.3) is 0 Å². The molecule has 0 bridgehead atoms. The first kappa shape index (κ1) is 18.5. The number of aliphatic carboxylic acids is 1. The summed E-state index contributed by atoms with van der Waals surface area (Å²) in [5, 5.41) is 13.2. The van der Waals surface area contributed by atoms with E-state index in [0.717, 1.165) is 13.0 Å². The van der Waals surface area contributed by atoms with Crippen LogP contribution in [0.4, 0.5) is 20.2 Å². The van der Waals surface area contributed by atoms with Crippen molar-refractivity contribution in [3.05, 3.63) is 23.8 Å². The number of rotatable bonds is 6. The van der Waals surface area contributed by atoms with Crippen LogP contribution < -0.4 is 10.6 Å². The minimum atomic E-state index is -1.05. The summed E-state index contributed by atoms with van der Waals surface area (Å²) in [5.74, 6) is -4.18. The van der Waals surface area contributed by atoms with Gasteiger partial charge in [-0.25, -0.2) is 8.78 Å². The Bertz CT molecular complexity index is 645. The SMILES string of the molecule is CC(=O)Nc1cc(NC(=O)CC(C)(C)CC(=O)O)c(F)cc1F. The lowest BCUT2D eigenvalue weighted by atomic mass is 9.85. The number of nitrogens with one attached hydrogen (secondary N) is 2. The summed E-state index contributed by atoms with van der Waals surface area (Å²) in [6, 6.07) is 1.51. The zero-order valence-corrected chi connectivity index (χ0v) is 13.0. The van der Waals surface area contributed by atoms with Gasteiger partial charge in [0, 0.05) is 19.4 Å². The first-order valence-corrected chi connectivity index (χ1v) is 6.78. The van der Waals surface area contributed by atoms with E-state index in [4.69, 9.17) is 5.11 Å². The van der Waals surface area contributed by atoms with Crippen molar-refractivity contribution < 1.29 is 28.3 Å². The number of carboxylic acids is 1. The van der Waals surface area contributed by atoms with Crippen LogP contribution in [-0.4, -0.2) is 22.9 Å². The molecule has 2 amide bonds. The van der Waals surface area contributed by atoms with Gasteiger partial charge in [0.2, 0.25) is 11.8 Å². The van der Waals surface area contributed by atoms with Crippen LogP contribution in [0, 0.1) is 17.0 Å². The van der Waals surface area contributed by atoms with Gasteiger partial charge in [-0.3, -0.25) is 14.4 Å². The van der Waals surface area contributed by atoms with E-state index in [1.807, 2.05) is 0 Å². The second-order valence-electron chi connectivity index (χ2n) is 5.95. The second kappa shape index (κ2) is 7.17. The highest BCUT2D eigenvalue weighted by Crippen LogP contribution is 2.27. The highest BCUT2D eigenvalue weighted by Gasteiger charge is 2.25. The maximum absolute atomic E-state index is 13.7. The summed E-state index contributed by atoms with van der Waals surface area (Å²) in [4.78, 5) is 33.6. The molecule has 6 nitrogen and oxygen atoms in total. The molecule has 0 atom stereocenters. The van der Waals surface area contributed by atoms with E-state index in [1.165, 1.54) is 0 Å². The van der Waals surface area contributed by atoms with Gasteiger partial charge in [-0.1, -0.05) is 13.8 Å². The maximum atomic E-state index is 13.7. The molecule has 23 heavy (non-hydrogen) atoms. The number of hydrogen-bond donors (Lipinski definition) is 3. The van der Waals surface area contributed by atoms with Gasteiger partial charge in [0.1, 0.15) is 11.6 Å². The lowest BCUT2D eigenvalue weighted by Gasteiger charge is -2.21. The molecular weight excluding hydrogens is 310 g/mol. The van der Waals surface area contributed by atoms with Crippen molar-refractivity contribution in [2.24, 2.45) is 5.41 Å². The number of benzene rings is 1. The number of carbonyl (C=O) groups excluding carboxylic acids is 2. The summed E-state index contributed by atoms with van der Waals surface area (Å²) >= 11 is 0. The predicted molar refractivity (Wildman–Crippen MR) is 79.9 cm³/mol. The molecule has 0 heterocycles. The molecular formula is C15H18F2N2O4. The topological polar surface area (TPSA) is 95.5 Å². The summed E-state index contributed by atoms with van der Waals surface area (Å²) < 4.78 is 27.2. The van der Waals surface area contributed by atoms with Crippen LogP contribution in [0.5, 0.6) is 0 Å². The van der Waals surface area contributed by atoms with Gasteiger partial charge in [0.15, 0.2) is 0 Å². The Morgan fingerprint density at radius 1 is 1.04 bits per heavy atom. The van der Waals surface area contributed by atoms with Crippen molar-refractivity contribution in [3.8, 4) is 0 Å².